The molecule has 0 aliphatic heterocycles. The highest BCUT2D eigenvalue weighted by atomic mass is 16.3. The molecule has 0 saturated heterocycles. The lowest BCUT2D eigenvalue weighted by atomic mass is 9.61. The van der Waals surface area contributed by atoms with Crippen molar-refractivity contribution in [3.8, 4) is 0 Å². The average molecular weight is 250 g/mol. The molecule has 0 radical (unpaired) electrons. The predicted octanol–water partition coefficient (Wildman–Crippen LogP) is 4.68. The van der Waals surface area contributed by atoms with Crippen molar-refractivity contribution < 1.29 is 5.11 Å². The molecule has 18 heavy (non-hydrogen) atoms. The van der Waals surface area contributed by atoms with Gasteiger partial charge in [-0.3, -0.25) is 0 Å². The van der Waals surface area contributed by atoms with Crippen molar-refractivity contribution in [3.05, 3.63) is 0 Å². The van der Waals surface area contributed by atoms with E-state index >= 15 is 0 Å². The molecule has 0 aromatic rings. The number of rotatable bonds is 1. The van der Waals surface area contributed by atoms with Gasteiger partial charge in [-0.05, 0) is 68.6 Å². The third kappa shape index (κ3) is 2.35. The minimum Gasteiger partial charge on any atom is -0.390 e. The molecular weight excluding hydrogens is 220 g/mol. The maximum Gasteiger partial charge on any atom is 0.0676 e. The topological polar surface area (TPSA) is 20.2 Å². The second-order valence-electron chi connectivity index (χ2n) is 7.77. The van der Waals surface area contributed by atoms with Crippen LogP contribution in [0.4, 0.5) is 0 Å². The van der Waals surface area contributed by atoms with Crippen molar-refractivity contribution >= 4 is 0 Å². The monoisotopic (exact) mass is 250 g/mol. The summed E-state index contributed by atoms with van der Waals surface area (Å²) in [5, 5.41) is 11.0. The van der Waals surface area contributed by atoms with Gasteiger partial charge in [0.25, 0.3) is 0 Å². The molecule has 1 N–H and O–H groups in total. The molecule has 0 aromatic carbocycles. The largest absolute Gasteiger partial charge is 0.390 e. The van der Waals surface area contributed by atoms with Gasteiger partial charge in [0.15, 0.2) is 0 Å². The highest BCUT2D eigenvalue weighted by molar-refractivity contribution is 4.98. The quantitative estimate of drug-likeness (QED) is 0.716. The van der Waals surface area contributed by atoms with E-state index in [0.717, 1.165) is 18.8 Å². The predicted molar refractivity (Wildman–Crippen MR) is 75.4 cm³/mol. The Labute approximate surface area is 112 Å². The first-order valence-corrected chi connectivity index (χ1v) is 8.34. The maximum atomic E-state index is 11.0. The Morgan fingerprint density at radius 3 is 1.89 bits per heavy atom. The standard InChI is InChI=1S/C17H30O/c1-14-4-6-15(7-5-14)17(18)12-10-16(11-13-17)8-2-3-9-16/h14-15,18H,2-13H2,1H3. The van der Waals surface area contributed by atoms with Gasteiger partial charge in [0.2, 0.25) is 0 Å². The molecule has 0 bridgehead atoms. The Morgan fingerprint density at radius 2 is 1.33 bits per heavy atom. The Hall–Kier alpha value is -0.0400. The van der Waals surface area contributed by atoms with Gasteiger partial charge in [-0.25, -0.2) is 0 Å². The Morgan fingerprint density at radius 1 is 0.778 bits per heavy atom. The fraction of sp³-hybridized carbons (Fsp3) is 1.00. The lowest BCUT2D eigenvalue weighted by Crippen LogP contribution is -2.45. The van der Waals surface area contributed by atoms with Crippen molar-refractivity contribution in [1.82, 2.24) is 0 Å². The van der Waals surface area contributed by atoms with Gasteiger partial charge in [0.1, 0.15) is 0 Å². The first-order valence-electron chi connectivity index (χ1n) is 8.34. The van der Waals surface area contributed by atoms with Crippen LogP contribution in [0.25, 0.3) is 0 Å². The van der Waals surface area contributed by atoms with Gasteiger partial charge in [0, 0.05) is 0 Å². The maximum absolute atomic E-state index is 11.0. The van der Waals surface area contributed by atoms with Crippen molar-refractivity contribution in [2.45, 2.75) is 89.6 Å². The van der Waals surface area contributed by atoms with E-state index in [2.05, 4.69) is 6.92 Å². The summed E-state index contributed by atoms with van der Waals surface area (Å²) in [6.07, 6.45) is 15.9. The second kappa shape index (κ2) is 4.81. The van der Waals surface area contributed by atoms with Crippen LogP contribution in [0.5, 0.6) is 0 Å². The van der Waals surface area contributed by atoms with Crippen LogP contribution in [-0.2, 0) is 0 Å². The van der Waals surface area contributed by atoms with Crippen LogP contribution in [0, 0.1) is 17.3 Å². The minimum absolute atomic E-state index is 0.284. The summed E-state index contributed by atoms with van der Waals surface area (Å²) in [6, 6.07) is 0. The second-order valence-corrected chi connectivity index (χ2v) is 7.77. The third-order valence-electron chi connectivity index (χ3n) is 6.62. The normalized spacial score (nSPS) is 39.0. The molecule has 3 aliphatic carbocycles. The zero-order valence-electron chi connectivity index (χ0n) is 12.1. The molecular formula is C17H30O. The zero-order valence-corrected chi connectivity index (χ0v) is 12.1. The molecule has 104 valence electrons. The molecule has 0 aromatic heterocycles. The lowest BCUT2D eigenvalue weighted by Gasteiger charge is -2.47. The van der Waals surface area contributed by atoms with Crippen LogP contribution in [-0.4, -0.2) is 10.7 Å². The average Bonchev–Trinajstić information content (AvgIpc) is 2.83. The molecule has 0 amide bonds. The van der Waals surface area contributed by atoms with Crippen molar-refractivity contribution in [2.75, 3.05) is 0 Å². The molecule has 1 heteroatoms. The Bertz CT molecular complexity index is 272. The highest BCUT2D eigenvalue weighted by Gasteiger charge is 2.46. The van der Waals surface area contributed by atoms with Crippen LogP contribution in [0.2, 0.25) is 0 Å². The van der Waals surface area contributed by atoms with E-state index < -0.39 is 0 Å². The fourth-order valence-electron chi connectivity index (χ4n) is 5.04. The van der Waals surface area contributed by atoms with E-state index in [1.54, 1.807) is 0 Å². The van der Waals surface area contributed by atoms with E-state index in [1.807, 2.05) is 0 Å². The summed E-state index contributed by atoms with van der Waals surface area (Å²) < 4.78 is 0. The van der Waals surface area contributed by atoms with Gasteiger partial charge in [-0.2, -0.15) is 0 Å². The molecule has 3 rings (SSSR count). The number of hydrogen-bond acceptors (Lipinski definition) is 1. The molecule has 0 unspecified atom stereocenters. The van der Waals surface area contributed by atoms with E-state index in [4.69, 9.17) is 0 Å². The summed E-state index contributed by atoms with van der Waals surface area (Å²) >= 11 is 0. The van der Waals surface area contributed by atoms with Crippen LogP contribution in [0.1, 0.15) is 84.0 Å². The van der Waals surface area contributed by atoms with Crippen molar-refractivity contribution in [2.24, 2.45) is 17.3 Å². The van der Waals surface area contributed by atoms with Crippen molar-refractivity contribution in [3.63, 3.8) is 0 Å². The number of hydrogen-bond donors (Lipinski definition) is 1. The van der Waals surface area contributed by atoms with Gasteiger partial charge in [-0.15, -0.1) is 0 Å². The van der Waals surface area contributed by atoms with Gasteiger partial charge < -0.3 is 5.11 Å². The molecule has 3 fully saturated rings. The first kappa shape index (κ1) is 13.0. The molecule has 3 aliphatic rings. The van der Waals surface area contributed by atoms with E-state index in [0.29, 0.717) is 11.3 Å². The number of aliphatic hydroxyl groups is 1. The molecule has 0 atom stereocenters. The molecule has 3 saturated carbocycles. The fourth-order valence-corrected chi connectivity index (χ4v) is 5.04. The SMILES string of the molecule is CC1CCC(C2(O)CCC3(CCCC3)CC2)CC1. The third-order valence-corrected chi connectivity index (χ3v) is 6.62. The highest BCUT2D eigenvalue weighted by Crippen LogP contribution is 2.54. The summed E-state index contributed by atoms with van der Waals surface area (Å²) in [5.74, 6) is 1.52. The summed E-state index contributed by atoms with van der Waals surface area (Å²) in [5.41, 5.74) is 0.377. The van der Waals surface area contributed by atoms with E-state index in [-0.39, 0.29) is 5.60 Å². The zero-order chi connectivity index (χ0) is 12.6. The molecule has 1 nitrogen and oxygen atoms in total. The Balaban J connectivity index is 1.60. The summed E-state index contributed by atoms with van der Waals surface area (Å²) in [6.45, 7) is 2.37. The Kier molecular flexibility index (Phi) is 3.47. The molecule has 0 heterocycles. The van der Waals surface area contributed by atoms with Crippen LogP contribution >= 0.6 is 0 Å². The van der Waals surface area contributed by atoms with Gasteiger partial charge in [-0.1, -0.05) is 32.6 Å². The van der Waals surface area contributed by atoms with Crippen LogP contribution < -0.4 is 0 Å². The van der Waals surface area contributed by atoms with Crippen LogP contribution in [0.3, 0.4) is 0 Å². The van der Waals surface area contributed by atoms with E-state index in [1.165, 1.54) is 64.2 Å². The lowest BCUT2D eigenvalue weighted by molar-refractivity contribution is -0.0888. The molecule has 1 spiro atoms. The van der Waals surface area contributed by atoms with Crippen LogP contribution in [0.15, 0.2) is 0 Å². The summed E-state index contributed by atoms with van der Waals surface area (Å²) in [4.78, 5) is 0. The van der Waals surface area contributed by atoms with Gasteiger partial charge >= 0.3 is 0 Å². The van der Waals surface area contributed by atoms with Gasteiger partial charge in [0.05, 0.1) is 5.60 Å². The first-order chi connectivity index (χ1) is 8.62. The minimum atomic E-state index is -0.284. The van der Waals surface area contributed by atoms with E-state index in [9.17, 15) is 5.11 Å². The smallest absolute Gasteiger partial charge is 0.0676 e. The van der Waals surface area contributed by atoms with Crippen molar-refractivity contribution in [1.29, 1.82) is 0 Å². The summed E-state index contributed by atoms with van der Waals surface area (Å²) in [7, 11) is 0.